The molecule has 0 fully saturated rings. The summed E-state index contributed by atoms with van der Waals surface area (Å²) in [6.45, 7) is 1.90. The minimum atomic E-state index is 0. The highest BCUT2D eigenvalue weighted by Gasteiger charge is 2.13. The molecule has 1 aromatic heterocycles. The number of benzene rings is 3. The molecular weight excluding hydrogens is 621 g/mol. The second kappa shape index (κ2) is 14.8. The zero-order valence-electron chi connectivity index (χ0n) is 19.9. The highest BCUT2D eigenvalue weighted by Crippen LogP contribution is 2.37. The molecule has 0 spiro atoms. The van der Waals surface area contributed by atoms with Crippen molar-refractivity contribution < 1.29 is 9.47 Å². The van der Waals surface area contributed by atoms with Crippen molar-refractivity contribution in [2.75, 3.05) is 19.4 Å². The second-order valence-electron chi connectivity index (χ2n) is 7.73. The number of aromatic nitrogens is 4. The first-order valence-electron chi connectivity index (χ1n) is 11.2. The van der Waals surface area contributed by atoms with E-state index in [0.29, 0.717) is 34.7 Å². The maximum atomic E-state index is 6.11. The van der Waals surface area contributed by atoms with E-state index in [4.69, 9.17) is 32.7 Å². The lowest BCUT2D eigenvalue weighted by molar-refractivity contribution is 0.282. The second-order valence-corrected chi connectivity index (χ2v) is 10.5. The first kappa shape index (κ1) is 29.5. The fraction of sp³-hybridized carbons (Fsp3) is 0.240. The van der Waals surface area contributed by atoms with E-state index >= 15 is 0 Å². The van der Waals surface area contributed by atoms with Crippen LogP contribution in [0.1, 0.15) is 17.5 Å². The van der Waals surface area contributed by atoms with Crippen LogP contribution in [0.25, 0.3) is 5.69 Å². The lowest BCUT2D eigenvalue weighted by atomic mass is 10.2. The number of para-hydroxylation sites is 1. The molecule has 0 unspecified atom stereocenters. The van der Waals surface area contributed by atoms with E-state index in [9.17, 15) is 0 Å². The van der Waals surface area contributed by atoms with Crippen molar-refractivity contribution in [3.05, 3.63) is 86.3 Å². The molecule has 37 heavy (non-hydrogen) atoms. The molecule has 0 atom stereocenters. The highest BCUT2D eigenvalue weighted by atomic mass is 79.9. The number of thioether (sulfide) groups is 1. The van der Waals surface area contributed by atoms with Gasteiger partial charge >= 0.3 is 0 Å². The lowest BCUT2D eigenvalue weighted by Crippen LogP contribution is -2.15. The Labute approximate surface area is 244 Å². The molecule has 0 aliphatic carbocycles. The van der Waals surface area contributed by atoms with Gasteiger partial charge in [-0.15, -0.1) is 17.5 Å². The first-order valence-corrected chi connectivity index (χ1v) is 13.7. The first-order chi connectivity index (χ1) is 17.5. The summed E-state index contributed by atoms with van der Waals surface area (Å²) in [7, 11) is 1.63. The summed E-state index contributed by atoms with van der Waals surface area (Å²) in [5.41, 5.74) is 2.95. The van der Waals surface area contributed by atoms with Gasteiger partial charge in [-0.05, 0) is 86.8 Å². The topological polar surface area (TPSA) is 74.1 Å². The van der Waals surface area contributed by atoms with Gasteiger partial charge in [0.1, 0.15) is 6.61 Å². The third-order valence-corrected chi connectivity index (χ3v) is 7.49. The van der Waals surface area contributed by atoms with E-state index in [-0.39, 0.29) is 12.4 Å². The summed E-state index contributed by atoms with van der Waals surface area (Å²) in [5, 5.41) is 17.3. The number of tetrazole rings is 1. The molecule has 1 N–H and O–H groups in total. The Morgan fingerprint density at radius 2 is 1.84 bits per heavy atom. The summed E-state index contributed by atoms with van der Waals surface area (Å²) >= 11 is 17.4. The van der Waals surface area contributed by atoms with Crippen LogP contribution in [0.5, 0.6) is 11.5 Å². The summed E-state index contributed by atoms with van der Waals surface area (Å²) in [6.07, 6.45) is 0.968. The summed E-state index contributed by atoms with van der Waals surface area (Å²) in [6, 6.07) is 19.3. The highest BCUT2D eigenvalue weighted by molar-refractivity contribution is 9.10. The normalized spacial score (nSPS) is 10.7. The molecule has 4 rings (SSSR count). The standard InChI is InChI=1S/C25H24BrCl2N5O2S.ClH/c1-34-23-14-18(12-20(26)24(23)35-16-17-8-9-21(27)22(28)13-17)15-29-10-5-11-36-25-30-31-32-33(25)19-6-3-2-4-7-19;/h2-4,6-9,12-14,29H,5,10-11,15-16H2,1H3;1H. The molecule has 12 heteroatoms. The SMILES string of the molecule is COc1cc(CNCCCSc2nnnn2-c2ccccc2)cc(Br)c1OCc1ccc(Cl)c(Cl)c1.Cl. The predicted molar refractivity (Wildman–Crippen MR) is 155 cm³/mol. The van der Waals surface area contributed by atoms with E-state index in [2.05, 4.69) is 36.8 Å². The van der Waals surface area contributed by atoms with Crippen LogP contribution in [0, 0.1) is 0 Å². The molecule has 0 radical (unpaired) electrons. The van der Waals surface area contributed by atoms with E-state index in [1.54, 1.807) is 35.7 Å². The molecule has 0 saturated carbocycles. The van der Waals surface area contributed by atoms with Gasteiger partial charge in [0.15, 0.2) is 11.5 Å². The van der Waals surface area contributed by atoms with Crippen LogP contribution in [0.2, 0.25) is 10.0 Å². The quantitative estimate of drug-likeness (QED) is 0.131. The van der Waals surface area contributed by atoms with Crippen LogP contribution in [0.15, 0.2) is 70.3 Å². The van der Waals surface area contributed by atoms with E-state index in [0.717, 1.165) is 45.2 Å². The Kier molecular flexibility index (Phi) is 11.8. The Bertz CT molecular complexity index is 1300. The molecule has 3 aromatic carbocycles. The van der Waals surface area contributed by atoms with Crippen LogP contribution in [0.3, 0.4) is 0 Å². The zero-order valence-corrected chi connectivity index (χ0v) is 24.6. The predicted octanol–water partition coefficient (Wildman–Crippen LogP) is 7.01. The van der Waals surface area contributed by atoms with Crippen molar-refractivity contribution in [3.63, 3.8) is 0 Å². The number of rotatable bonds is 12. The number of ether oxygens (including phenoxy) is 2. The number of hydrogen-bond donors (Lipinski definition) is 1. The Balaban J connectivity index is 0.00000380. The van der Waals surface area contributed by atoms with Crippen molar-refractivity contribution in [1.82, 2.24) is 25.5 Å². The van der Waals surface area contributed by atoms with Gasteiger partial charge in [0, 0.05) is 12.3 Å². The van der Waals surface area contributed by atoms with Crippen LogP contribution >= 0.6 is 63.3 Å². The van der Waals surface area contributed by atoms with Gasteiger partial charge in [-0.2, -0.15) is 4.68 Å². The van der Waals surface area contributed by atoms with Gasteiger partial charge in [0.2, 0.25) is 5.16 Å². The summed E-state index contributed by atoms with van der Waals surface area (Å²) < 4.78 is 14.2. The van der Waals surface area contributed by atoms with Crippen LogP contribution in [0.4, 0.5) is 0 Å². The van der Waals surface area contributed by atoms with Crippen molar-refractivity contribution >= 4 is 63.3 Å². The van der Waals surface area contributed by atoms with E-state index < -0.39 is 0 Å². The zero-order chi connectivity index (χ0) is 25.3. The minimum Gasteiger partial charge on any atom is -0.493 e. The fourth-order valence-electron chi connectivity index (χ4n) is 3.39. The Hall–Kier alpha value is -2.01. The molecule has 0 aliphatic rings. The van der Waals surface area contributed by atoms with Gasteiger partial charge < -0.3 is 14.8 Å². The van der Waals surface area contributed by atoms with Gasteiger partial charge in [-0.3, -0.25) is 0 Å². The molecule has 0 aliphatic heterocycles. The number of halogens is 4. The minimum absolute atomic E-state index is 0. The van der Waals surface area contributed by atoms with Gasteiger partial charge in [-0.25, -0.2) is 0 Å². The van der Waals surface area contributed by atoms with Gasteiger partial charge in [0.05, 0.1) is 27.3 Å². The summed E-state index contributed by atoms with van der Waals surface area (Å²) in [5.74, 6) is 2.19. The third kappa shape index (κ3) is 8.24. The van der Waals surface area contributed by atoms with Gasteiger partial charge in [0.25, 0.3) is 0 Å². The van der Waals surface area contributed by atoms with Crippen LogP contribution in [-0.4, -0.2) is 39.6 Å². The largest absolute Gasteiger partial charge is 0.493 e. The maximum absolute atomic E-state index is 6.11. The Morgan fingerprint density at radius 1 is 1.03 bits per heavy atom. The molecule has 0 saturated heterocycles. The van der Waals surface area contributed by atoms with E-state index in [1.165, 1.54) is 0 Å². The smallest absolute Gasteiger partial charge is 0.214 e. The number of hydrogen-bond acceptors (Lipinski definition) is 7. The van der Waals surface area contributed by atoms with Crippen LogP contribution < -0.4 is 14.8 Å². The molecule has 1 heterocycles. The fourth-order valence-corrected chi connectivity index (χ4v) is 5.15. The van der Waals surface area contributed by atoms with Crippen molar-refractivity contribution in [3.8, 4) is 17.2 Å². The van der Waals surface area contributed by atoms with Crippen molar-refractivity contribution in [2.24, 2.45) is 0 Å². The van der Waals surface area contributed by atoms with Gasteiger partial charge in [-0.1, -0.05) is 59.2 Å². The lowest BCUT2D eigenvalue weighted by Gasteiger charge is -2.15. The number of nitrogens with zero attached hydrogens (tertiary/aromatic N) is 4. The van der Waals surface area contributed by atoms with E-state index in [1.807, 2.05) is 48.5 Å². The van der Waals surface area contributed by atoms with Crippen molar-refractivity contribution in [2.45, 2.75) is 24.7 Å². The number of methoxy groups -OCH3 is 1. The average Bonchev–Trinajstić information content (AvgIpc) is 3.36. The molecule has 196 valence electrons. The molecular formula is C25H25BrCl3N5O2S. The monoisotopic (exact) mass is 643 g/mol. The molecule has 0 amide bonds. The summed E-state index contributed by atoms with van der Waals surface area (Å²) in [4.78, 5) is 0. The molecule has 7 nitrogen and oxygen atoms in total. The third-order valence-electron chi connectivity index (χ3n) is 5.16. The molecule has 4 aromatic rings. The van der Waals surface area contributed by atoms with Crippen molar-refractivity contribution in [1.29, 1.82) is 0 Å². The maximum Gasteiger partial charge on any atom is 0.214 e. The Morgan fingerprint density at radius 3 is 2.59 bits per heavy atom. The van der Waals surface area contributed by atoms with Crippen LogP contribution in [-0.2, 0) is 13.2 Å². The number of nitrogens with one attached hydrogen (secondary N) is 1. The molecule has 0 bridgehead atoms. The average molecular weight is 646 g/mol.